The van der Waals surface area contributed by atoms with E-state index in [4.69, 9.17) is 9.47 Å². The summed E-state index contributed by atoms with van der Waals surface area (Å²) in [6.45, 7) is 3.98. The highest BCUT2D eigenvalue weighted by molar-refractivity contribution is 7.12. The molecule has 1 atom stereocenters. The molecule has 6 heteroatoms. The van der Waals surface area contributed by atoms with Gasteiger partial charge in [-0.1, -0.05) is 0 Å². The zero-order chi connectivity index (χ0) is 14.4. The number of methoxy groups -OCH3 is 1. The van der Waals surface area contributed by atoms with Crippen LogP contribution in [0.5, 0.6) is 0 Å². The smallest absolute Gasteiger partial charge is 0.315 e. The molecule has 0 aromatic carbocycles. The maximum absolute atomic E-state index is 11.9. The molecule has 2 N–H and O–H groups in total. The second kappa shape index (κ2) is 7.61. The predicted octanol–water partition coefficient (Wildman–Crippen LogP) is 2.22. The highest BCUT2D eigenvalue weighted by Crippen LogP contribution is 2.24. The molecule has 2 heterocycles. The standard InChI is InChI=1S/C14H22N2O3S/c1-10-3-4-13(20-10)12(18-2)9-15-14(17)16-11-5-7-19-8-6-11/h3-4,11-12H,5-9H2,1-2H3,(H2,15,16,17)/t12-/m0/s1. The summed E-state index contributed by atoms with van der Waals surface area (Å²) in [5.74, 6) is 0. The van der Waals surface area contributed by atoms with Crippen LogP contribution in [0.25, 0.3) is 0 Å². The van der Waals surface area contributed by atoms with E-state index in [-0.39, 0.29) is 18.2 Å². The van der Waals surface area contributed by atoms with Crippen LogP contribution in [-0.2, 0) is 9.47 Å². The number of nitrogens with one attached hydrogen (secondary N) is 2. The number of carbonyl (C=O) groups is 1. The summed E-state index contributed by atoms with van der Waals surface area (Å²) in [6, 6.07) is 4.20. The number of rotatable bonds is 5. The molecule has 1 fully saturated rings. The molecule has 0 saturated carbocycles. The average Bonchev–Trinajstić information content (AvgIpc) is 2.87. The maximum Gasteiger partial charge on any atom is 0.315 e. The Kier molecular flexibility index (Phi) is 5.82. The molecule has 1 aliphatic heterocycles. The van der Waals surface area contributed by atoms with E-state index in [0.29, 0.717) is 6.54 Å². The van der Waals surface area contributed by atoms with Gasteiger partial charge in [0.25, 0.3) is 0 Å². The zero-order valence-electron chi connectivity index (χ0n) is 12.0. The highest BCUT2D eigenvalue weighted by Gasteiger charge is 2.18. The van der Waals surface area contributed by atoms with E-state index < -0.39 is 0 Å². The summed E-state index contributed by atoms with van der Waals surface area (Å²) in [6.07, 6.45) is 1.67. The van der Waals surface area contributed by atoms with Crippen LogP contribution in [0.15, 0.2) is 12.1 Å². The topological polar surface area (TPSA) is 59.6 Å². The van der Waals surface area contributed by atoms with Gasteiger partial charge in [-0.25, -0.2) is 4.79 Å². The first-order valence-electron chi connectivity index (χ1n) is 6.90. The van der Waals surface area contributed by atoms with Crippen molar-refractivity contribution in [2.75, 3.05) is 26.9 Å². The predicted molar refractivity (Wildman–Crippen MR) is 79.2 cm³/mol. The first kappa shape index (κ1) is 15.3. The van der Waals surface area contributed by atoms with Crippen LogP contribution in [-0.4, -0.2) is 38.9 Å². The van der Waals surface area contributed by atoms with Crippen molar-refractivity contribution in [3.05, 3.63) is 21.9 Å². The number of aryl methyl sites for hydroxylation is 1. The molecule has 0 spiro atoms. The van der Waals surface area contributed by atoms with Gasteiger partial charge in [-0.3, -0.25) is 0 Å². The van der Waals surface area contributed by atoms with Gasteiger partial charge in [0.2, 0.25) is 0 Å². The van der Waals surface area contributed by atoms with E-state index >= 15 is 0 Å². The Morgan fingerprint density at radius 2 is 2.25 bits per heavy atom. The monoisotopic (exact) mass is 298 g/mol. The summed E-state index contributed by atoms with van der Waals surface area (Å²) in [5.41, 5.74) is 0. The Bertz CT molecular complexity index is 430. The minimum absolute atomic E-state index is 0.0888. The van der Waals surface area contributed by atoms with Crippen molar-refractivity contribution in [2.24, 2.45) is 0 Å². The van der Waals surface area contributed by atoms with Gasteiger partial charge < -0.3 is 20.1 Å². The Labute approximate surface area is 123 Å². The van der Waals surface area contributed by atoms with E-state index in [1.807, 2.05) is 6.07 Å². The molecule has 112 valence electrons. The largest absolute Gasteiger partial charge is 0.381 e. The molecule has 1 aromatic heterocycles. The third-order valence-electron chi connectivity index (χ3n) is 3.37. The molecule has 0 bridgehead atoms. The first-order valence-corrected chi connectivity index (χ1v) is 7.72. The lowest BCUT2D eigenvalue weighted by molar-refractivity contribution is 0.0792. The maximum atomic E-state index is 11.9. The second-order valence-electron chi connectivity index (χ2n) is 4.91. The average molecular weight is 298 g/mol. The van der Waals surface area contributed by atoms with Crippen LogP contribution in [0.4, 0.5) is 4.79 Å². The number of amides is 2. The van der Waals surface area contributed by atoms with Crippen molar-refractivity contribution < 1.29 is 14.3 Å². The Morgan fingerprint density at radius 1 is 1.50 bits per heavy atom. The van der Waals surface area contributed by atoms with Crippen molar-refractivity contribution in [3.63, 3.8) is 0 Å². The summed E-state index contributed by atoms with van der Waals surface area (Å²) >= 11 is 1.69. The van der Waals surface area contributed by atoms with Gasteiger partial charge in [0.1, 0.15) is 6.10 Å². The number of hydrogen-bond donors (Lipinski definition) is 2. The zero-order valence-corrected chi connectivity index (χ0v) is 12.8. The lowest BCUT2D eigenvalue weighted by atomic mass is 10.1. The molecule has 2 rings (SSSR count). The molecular weight excluding hydrogens is 276 g/mol. The van der Waals surface area contributed by atoms with Crippen LogP contribution in [0, 0.1) is 6.92 Å². The molecule has 1 aromatic rings. The summed E-state index contributed by atoms with van der Waals surface area (Å²) in [4.78, 5) is 14.2. The molecule has 1 saturated heterocycles. The number of carbonyl (C=O) groups excluding carboxylic acids is 1. The minimum Gasteiger partial charge on any atom is -0.381 e. The third-order valence-corrected chi connectivity index (χ3v) is 4.46. The van der Waals surface area contributed by atoms with Crippen molar-refractivity contribution in [2.45, 2.75) is 31.9 Å². The van der Waals surface area contributed by atoms with Gasteiger partial charge in [-0.15, -0.1) is 11.3 Å². The van der Waals surface area contributed by atoms with Gasteiger partial charge in [0, 0.05) is 36.1 Å². The SMILES string of the molecule is CO[C@@H](CNC(=O)NC1CCOCC1)c1ccc(C)s1. The summed E-state index contributed by atoms with van der Waals surface area (Å²) < 4.78 is 10.7. The molecule has 1 aliphatic rings. The lowest BCUT2D eigenvalue weighted by Gasteiger charge is -2.23. The van der Waals surface area contributed by atoms with Gasteiger partial charge in [0.05, 0.1) is 6.54 Å². The normalized spacial score (nSPS) is 17.7. The van der Waals surface area contributed by atoms with Gasteiger partial charge in [-0.05, 0) is 31.9 Å². The number of urea groups is 1. The van der Waals surface area contributed by atoms with E-state index in [9.17, 15) is 4.79 Å². The molecule has 0 radical (unpaired) electrons. The van der Waals surface area contributed by atoms with Gasteiger partial charge in [-0.2, -0.15) is 0 Å². The first-order chi connectivity index (χ1) is 9.69. The van der Waals surface area contributed by atoms with E-state index in [2.05, 4.69) is 23.6 Å². The molecule has 5 nitrogen and oxygen atoms in total. The third kappa shape index (κ3) is 4.47. The Morgan fingerprint density at radius 3 is 2.85 bits per heavy atom. The van der Waals surface area contributed by atoms with Crippen molar-refractivity contribution in [1.29, 1.82) is 0 Å². The lowest BCUT2D eigenvalue weighted by Crippen LogP contribution is -2.45. The fourth-order valence-corrected chi connectivity index (χ4v) is 3.15. The number of thiophene rings is 1. The van der Waals surface area contributed by atoms with Crippen molar-refractivity contribution >= 4 is 17.4 Å². The number of hydrogen-bond acceptors (Lipinski definition) is 4. The molecule has 2 amide bonds. The fraction of sp³-hybridized carbons (Fsp3) is 0.643. The van der Waals surface area contributed by atoms with Gasteiger partial charge >= 0.3 is 6.03 Å². The van der Waals surface area contributed by atoms with E-state index in [0.717, 1.165) is 30.9 Å². The second-order valence-corrected chi connectivity index (χ2v) is 6.23. The van der Waals surface area contributed by atoms with Crippen molar-refractivity contribution in [3.8, 4) is 0 Å². The summed E-state index contributed by atoms with van der Waals surface area (Å²) in [5, 5.41) is 5.85. The van der Waals surface area contributed by atoms with E-state index in [1.54, 1.807) is 18.4 Å². The van der Waals surface area contributed by atoms with Crippen molar-refractivity contribution in [1.82, 2.24) is 10.6 Å². The highest BCUT2D eigenvalue weighted by atomic mass is 32.1. The van der Waals surface area contributed by atoms with Crippen LogP contribution < -0.4 is 10.6 Å². The molecule has 20 heavy (non-hydrogen) atoms. The molecule has 0 aliphatic carbocycles. The van der Waals surface area contributed by atoms with Crippen LogP contribution in [0.2, 0.25) is 0 Å². The minimum atomic E-state index is -0.132. The van der Waals surface area contributed by atoms with Crippen LogP contribution in [0.1, 0.15) is 28.7 Å². The van der Waals surface area contributed by atoms with Crippen LogP contribution in [0.3, 0.4) is 0 Å². The Hall–Kier alpha value is -1.11. The molecular formula is C14H22N2O3S. The Balaban J connectivity index is 1.76. The quantitative estimate of drug-likeness (QED) is 0.876. The van der Waals surface area contributed by atoms with Gasteiger partial charge in [0.15, 0.2) is 0 Å². The van der Waals surface area contributed by atoms with Crippen LogP contribution >= 0.6 is 11.3 Å². The fourth-order valence-electron chi connectivity index (χ4n) is 2.19. The molecule has 0 unspecified atom stereocenters. The summed E-state index contributed by atoms with van der Waals surface area (Å²) in [7, 11) is 1.66. The van der Waals surface area contributed by atoms with E-state index in [1.165, 1.54) is 4.88 Å². The number of ether oxygens (including phenoxy) is 2.